The molecule has 1 aromatic carbocycles. The van der Waals surface area contributed by atoms with Gasteiger partial charge in [0.1, 0.15) is 0 Å². The molecular formula is C16H14N2O3. The third kappa shape index (κ3) is 4.58. The molecule has 0 aliphatic heterocycles. The van der Waals surface area contributed by atoms with Crippen molar-refractivity contribution < 1.29 is 14.7 Å². The summed E-state index contributed by atoms with van der Waals surface area (Å²) in [5, 5.41) is 11.4. The molecule has 0 radical (unpaired) electrons. The molecule has 5 heteroatoms. The second-order valence-corrected chi connectivity index (χ2v) is 4.34. The predicted molar refractivity (Wildman–Crippen MR) is 78.5 cm³/mol. The fourth-order valence-electron chi connectivity index (χ4n) is 1.76. The van der Waals surface area contributed by atoms with Crippen LogP contribution in [0.1, 0.15) is 21.5 Å². The average molecular weight is 282 g/mol. The van der Waals surface area contributed by atoms with Crippen LogP contribution in [-0.4, -0.2) is 22.0 Å². The second kappa shape index (κ2) is 7.00. The number of rotatable bonds is 5. The maximum atomic E-state index is 11.9. The highest BCUT2D eigenvalue weighted by Gasteiger charge is 2.04. The number of carbonyl (C=O) groups is 2. The fourth-order valence-corrected chi connectivity index (χ4v) is 1.76. The van der Waals surface area contributed by atoms with E-state index in [4.69, 9.17) is 5.11 Å². The highest BCUT2D eigenvalue weighted by atomic mass is 16.4. The van der Waals surface area contributed by atoms with Gasteiger partial charge in [0, 0.05) is 30.6 Å². The number of amides is 1. The van der Waals surface area contributed by atoms with Gasteiger partial charge in [-0.15, -0.1) is 0 Å². The van der Waals surface area contributed by atoms with Gasteiger partial charge in [0.05, 0.1) is 0 Å². The van der Waals surface area contributed by atoms with E-state index in [2.05, 4.69) is 10.3 Å². The van der Waals surface area contributed by atoms with E-state index in [1.807, 2.05) is 18.2 Å². The van der Waals surface area contributed by atoms with Gasteiger partial charge in [-0.2, -0.15) is 0 Å². The molecule has 21 heavy (non-hydrogen) atoms. The van der Waals surface area contributed by atoms with E-state index in [-0.39, 0.29) is 5.91 Å². The summed E-state index contributed by atoms with van der Waals surface area (Å²) in [6.45, 7) is 0.371. The summed E-state index contributed by atoms with van der Waals surface area (Å²) in [5.41, 5.74) is 2.21. The van der Waals surface area contributed by atoms with E-state index in [1.54, 1.807) is 30.6 Å². The predicted octanol–water partition coefficient (Wildman–Crippen LogP) is 2.11. The molecule has 0 bridgehead atoms. The Balaban J connectivity index is 1.99. The van der Waals surface area contributed by atoms with Gasteiger partial charge in [-0.05, 0) is 35.4 Å². The van der Waals surface area contributed by atoms with Gasteiger partial charge in [-0.25, -0.2) is 4.79 Å². The van der Waals surface area contributed by atoms with Crippen LogP contribution in [0.15, 0.2) is 54.9 Å². The lowest BCUT2D eigenvalue weighted by Gasteiger charge is -2.06. The molecule has 0 atom stereocenters. The molecule has 2 aromatic rings. The molecule has 0 saturated heterocycles. The zero-order valence-electron chi connectivity index (χ0n) is 11.2. The van der Waals surface area contributed by atoms with Crippen LogP contribution in [0.3, 0.4) is 0 Å². The van der Waals surface area contributed by atoms with Crippen LogP contribution in [0.5, 0.6) is 0 Å². The Morgan fingerprint density at radius 1 is 1.19 bits per heavy atom. The van der Waals surface area contributed by atoms with E-state index >= 15 is 0 Å². The quantitative estimate of drug-likeness (QED) is 0.823. The topological polar surface area (TPSA) is 79.3 Å². The number of hydrogen-bond donors (Lipinski definition) is 2. The Labute approximate surface area is 122 Å². The van der Waals surface area contributed by atoms with E-state index < -0.39 is 5.97 Å². The number of aliphatic carboxylic acids is 1. The smallest absolute Gasteiger partial charge is 0.328 e. The third-order valence-electron chi connectivity index (χ3n) is 2.76. The summed E-state index contributed by atoms with van der Waals surface area (Å²) >= 11 is 0. The summed E-state index contributed by atoms with van der Waals surface area (Å²) < 4.78 is 0. The maximum absolute atomic E-state index is 11.9. The minimum Gasteiger partial charge on any atom is -0.478 e. The maximum Gasteiger partial charge on any atom is 0.328 e. The highest BCUT2D eigenvalue weighted by Crippen LogP contribution is 2.07. The first-order chi connectivity index (χ1) is 10.1. The van der Waals surface area contributed by atoms with Gasteiger partial charge < -0.3 is 10.4 Å². The van der Waals surface area contributed by atoms with Crippen molar-refractivity contribution in [1.82, 2.24) is 10.3 Å². The summed E-state index contributed by atoms with van der Waals surface area (Å²) in [5.74, 6) is -1.17. The molecule has 0 aliphatic rings. The van der Waals surface area contributed by atoms with Gasteiger partial charge in [0.2, 0.25) is 0 Å². The lowest BCUT2D eigenvalue weighted by Crippen LogP contribution is -2.22. The fraction of sp³-hybridized carbons (Fsp3) is 0.0625. The van der Waals surface area contributed by atoms with E-state index in [0.29, 0.717) is 12.1 Å². The van der Waals surface area contributed by atoms with Crippen LogP contribution < -0.4 is 5.32 Å². The Hall–Kier alpha value is -2.95. The van der Waals surface area contributed by atoms with Crippen molar-refractivity contribution in [2.24, 2.45) is 0 Å². The zero-order chi connectivity index (χ0) is 15.1. The first kappa shape index (κ1) is 14.5. The largest absolute Gasteiger partial charge is 0.478 e. The molecule has 2 N–H and O–H groups in total. The zero-order valence-corrected chi connectivity index (χ0v) is 11.2. The van der Waals surface area contributed by atoms with E-state index in [0.717, 1.165) is 17.2 Å². The SMILES string of the molecule is O=C(O)C=Cc1cccc(CNC(=O)c2ccncc2)c1. The van der Waals surface area contributed by atoms with Crippen LogP contribution in [0.4, 0.5) is 0 Å². The van der Waals surface area contributed by atoms with Crippen LogP contribution in [0, 0.1) is 0 Å². The van der Waals surface area contributed by atoms with Gasteiger partial charge in [0.15, 0.2) is 0 Å². The Morgan fingerprint density at radius 3 is 2.67 bits per heavy atom. The number of nitrogens with zero attached hydrogens (tertiary/aromatic N) is 1. The van der Waals surface area contributed by atoms with Crippen molar-refractivity contribution >= 4 is 18.0 Å². The number of carboxylic acids is 1. The number of hydrogen-bond acceptors (Lipinski definition) is 3. The summed E-state index contributed by atoms with van der Waals surface area (Å²) in [6.07, 6.45) is 5.71. The van der Waals surface area contributed by atoms with Crippen LogP contribution in [-0.2, 0) is 11.3 Å². The Bertz CT molecular complexity index is 666. The number of aromatic nitrogens is 1. The molecule has 1 heterocycles. The van der Waals surface area contributed by atoms with E-state index in [9.17, 15) is 9.59 Å². The number of nitrogens with one attached hydrogen (secondary N) is 1. The van der Waals surface area contributed by atoms with Crippen molar-refractivity contribution in [1.29, 1.82) is 0 Å². The molecule has 0 fully saturated rings. The Morgan fingerprint density at radius 2 is 1.95 bits per heavy atom. The molecule has 5 nitrogen and oxygen atoms in total. The lowest BCUT2D eigenvalue weighted by molar-refractivity contribution is -0.131. The van der Waals surface area contributed by atoms with Crippen molar-refractivity contribution in [2.45, 2.75) is 6.54 Å². The number of pyridine rings is 1. The van der Waals surface area contributed by atoms with Crippen molar-refractivity contribution in [3.8, 4) is 0 Å². The summed E-state index contributed by atoms with van der Waals surface area (Å²) in [4.78, 5) is 26.2. The molecule has 0 aliphatic carbocycles. The van der Waals surface area contributed by atoms with Crippen molar-refractivity contribution in [3.05, 3.63) is 71.6 Å². The van der Waals surface area contributed by atoms with Crippen LogP contribution in [0.25, 0.3) is 6.08 Å². The normalized spacial score (nSPS) is 10.5. The summed E-state index contributed by atoms with van der Waals surface area (Å²) in [6, 6.07) is 10.6. The van der Waals surface area contributed by atoms with Gasteiger partial charge in [-0.3, -0.25) is 9.78 Å². The minimum atomic E-state index is -0.994. The molecule has 0 unspecified atom stereocenters. The molecule has 106 valence electrons. The number of benzene rings is 1. The molecule has 2 rings (SSSR count). The highest BCUT2D eigenvalue weighted by molar-refractivity contribution is 5.93. The van der Waals surface area contributed by atoms with Crippen LogP contribution in [0.2, 0.25) is 0 Å². The van der Waals surface area contributed by atoms with Crippen molar-refractivity contribution in [2.75, 3.05) is 0 Å². The van der Waals surface area contributed by atoms with Gasteiger partial charge in [0.25, 0.3) is 5.91 Å². The van der Waals surface area contributed by atoms with Gasteiger partial charge >= 0.3 is 5.97 Å². The summed E-state index contributed by atoms with van der Waals surface area (Å²) in [7, 11) is 0. The van der Waals surface area contributed by atoms with Crippen molar-refractivity contribution in [3.63, 3.8) is 0 Å². The standard InChI is InChI=1S/C16H14N2O3/c19-15(20)5-4-12-2-1-3-13(10-12)11-18-16(21)14-6-8-17-9-7-14/h1-10H,11H2,(H,18,21)(H,19,20). The molecule has 1 amide bonds. The van der Waals surface area contributed by atoms with Crippen LogP contribution >= 0.6 is 0 Å². The van der Waals surface area contributed by atoms with E-state index in [1.165, 1.54) is 6.08 Å². The first-order valence-corrected chi connectivity index (χ1v) is 6.33. The molecule has 0 saturated carbocycles. The molecule has 1 aromatic heterocycles. The number of carbonyl (C=O) groups excluding carboxylic acids is 1. The molecule has 0 spiro atoms. The second-order valence-electron chi connectivity index (χ2n) is 4.34. The number of carboxylic acid groups (broad SMARTS) is 1. The molecular weight excluding hydrogens is 268 g/mol. The monoisotopic (exact) mass is 282 g/mol. The average Bonchev–Trinajstić information content (AvgIpc) is 2.52. The van der Waals surface area contributed by atoms with Gasteiger partial charge in [-0.1, -0.05) is 18.2 Å². The lowest BCUT2D eigenvalue weighted by atomic mass is 10.1. The third-order valence-corrected chi connectivity index (χ3v) is 2.76. The first-order valence-electron chi connectivity index (χ1n) is 6.33. The minimum absolute atomic E-state index is 0.177. The Kier molecular flexibility index (Phi) is 4.82.